The number of halogens is 2. The quantitative estimate of drug-likeness (QED) is 0.433. The fourth-order valence-electron chi connectivity index (χ4n) is 2.44. The minimum Gasteiger partial charge on any atom is -0.356 e. The number of hydrogen-bond donors (Lipinski definition) is 2. The number of thioether (sulfide) groups is 1. The van der Waals surface area contributed by atoms with Gasteiger partial charge in [0.05, 0.1) is 11.4 Å². The van der Waals surface area contributed by atoms with E-state index in [4.69, 9.17) is 28.2 Å². The summed E-state index contributed by atoms with van der Waals surface area (Å²) in [6.45, 7) is 2.10. The van der Waals surface area contributed by atoms with Gasteiger partial charge in [0.2, 0.25) is 5.91 Å². The van der Waals surface area contributed by atoms with Gasteiger partial charge in [-0.05, 0) is 24.3 Å². The average Bonchev–Trinajstić information content (AvgIpc) is 3.04. The summed E-state index contributed by atoms with van der Waals surface area (Å²) in [4.78, 5) is 19.1. The summed E-state index contributed by atoms with van der Waals surface area (Å²) in [5.74, 6) is 0.696. The van der Waals surface area contributed by atoms with E-state index in [1.54, 1.807) is 11.8 Å². The van der Waals surface area contributed by atoms with Crippen molar-refractivity contribution in [2.75, 3.05) is 12.3 Å². The number of carbonyl (C=O) groups excluding carboxylic acids is 1. The Morgan fingerprint density at radius 3 is 2.19 bits per heavy atom. The van der Waals surface area contributed by atoms with Crippen LogP contribution < -0.4 is 5.32 Å². The molecule has 0 saturated carbocycles. The predicted octanol–water partition coefficient (Wildman–Crippen LogP) is 5.28. The molecule has 0 radical (unpaired) electrons. The van der Waals surface area contributed by atoms with Gasteiger partial charge in [-0.1, -0.05) is 59.2 Å². The number of imidazole rings is 1. The van der Waals surface area contributed by atoms with Gasteiger partial charge >= 0.3 is 0 Å². The maximum absolute atomic E-state index is 11.0. The normalized spacial score (nSPS) is 10.7. The van der Waals surface area contributed by atoms with E-state index in [1.807, 2.05) is 48.5 Å². The molecule has 0 unspecified atom stereocenters. The van der Waals surface area contributed by atoms with Crippen LogP contribution in [0.15, 0.2) is 53.7 Å². The Labute approximate surface area is 166 Å². The lowest BCUT2D eigenvalue weighted by atomic mass is 10.1. The number of hydrogen-bond acceptors (Lipinski definition) is 3. The van der Waals surface area contributed by atoms with Crippen LogP contribution >= 0.6 is 35.0 Å². The molecule has 2 aromatic carbocycles. The van der Waals surface area contributed by atoms with Gasteiger partial charge in [-0.3, -0.25) is 4.79 Å². The zero-order valence-electron chi connectivity index (χ0n) is 14.1. The molecular weight excluding hydrogens is 389 g/mol. The number of rotatable bonds is 6. The van der Waals surface area contributed by atoms with Crippen LogP contribution in [0.2, 0.25) is 10.0 Å². The number of nitrogens with one attached hydrogen (secondary N) is 2. The smallest absolute Gasteiger partial charge is 0.216 e. The van der Waals surface area contributed by atoms with Crippen LogP contribution in [0.3, 0.4) is 0 Å². The van der Waals surface area contributed by atoms with E-state index in [0.29, 0.717) is 16.6 Å². The molecule has 0 bridgehead atoms. The summed E-state index contributed by atoms with van der Waals surface area (Å²) in [6.07, 6.45) is 0. The molecular formula is C19H17Cl2N3OS. The Hall–Kier alpha value is -1.95. The first-order valence-electron chi connectivity index (χ1n) is 8.02. The summed E-state index contributed by atoms with van der Waals surface area (Å²) in [5.41, 5.74) is 3.75. The molecule has 0 aliphatic heterocycles. The van der Waals surface area contributed by atoms with Gasteiger partial charge in [0.1, 0.15) is 0 Å². The van der Waals surface area contributed by atoms with Crippen molar-refractivity contribution in [3.05, 3.63) is 58.6 Å². The molecule has 0 aliphatic carbocycles. The second-order valence-corrected chi connectivity index (χ2v) is 7.57. The number of benzene rings is 2. The van der Waals surface area contributed by atoms with Gasteiger partial charge in [-0.2, -0.15) is 0 Å². The minimum absolute atomic E-state index is 0.0336. The first-order valence-corrected chi connectivity index (χ1v) is 9.76. The van der Waals surface area contributed by atoms with Crippen LogP contribution in [0.1, 0.15) is 6.92 Å². The lowest BCUT2D eigenvalue weighted by Gasteiger charge is -2.03. The van der Waals surface area contributed by atoms with Crippen molar-refractivity contribution >= 4 is 40.9 Å². The molecule has 1 aromatic heterocycles. The van der Waals surface area contributed by atoms with E-state index in [0.717, 1.165) is 33.4 Å². The van der Waals surface area contributed by atoms with E-state index in [9.17, 15) is 4.79 Å². The van der Waals surface area contributed by atoms with Gasteiger partial charge in [0.25, 0.3) is 0 Å². The maximum atomic E-state index is 11.0. The summed E-state index contributed by atoms with van der Waals surface area (Å²) in [6, 6.07) is 15.2. The van der Waals surface area contributed by atoms with Crippen LogP contribution in [0.4, 0.5) is 0 Å². The molecule has 0 aliphatic rings. The predicted molar refractivity (Wildman–Crippen MR) is 109 cm³/mol. The summed E-state index contributed by atoms with van der Waals surface area (Å²) in [5, 5.41) is 4.95. The van der Waals surface area contributed by atoms with E-state index < -0.39 is 0 Å². The Morgan fingerprint density at radius 1 is 1.04 bits per heavy atom. The number of H-pyrrole nitrogens is 1. The fourth-order valence-corrected chi connectivity index (χ4v) is 3.42. The number of aromatic amines is 1. The Morgan fingerprint density at radius 2 is 1.62 bits per heavy atom. The zero-order valence-corrected chi connectivity index (χ0v) is 16.4. The number of nitrogens with zero attached hydrogens (tertiary/aromatic N) is 1. The van der Waals surface area contributed by atoms with Crippen molar-refractivity contribution in [3.8, 4) is 22.5 Å². The Bertz CT molecular complexity index is 829. The van der Waals surface area contributed by atoms with E-state index in [2.05, 4.69) is 10.3 Å². The van der Waals surface area contributed by atoms with Crippen LogP contribution in [0.5, 0.6) is 0 Å². The molecule has 134 valence electrons. The molecule has 4 nitrogen and oxygen atoms in total. The zero-order chi connectivity index (χ0) is 18.5. The van der Waals surface area contributed by atoms with Crippen molar-refractivity contribution in [3.63, 3.8) is 0 Å². The highest BCUT2D eigenvalue weighted by atomic mass is 35.5. The van der Waals surface area contributed by atoms with Gasteiger partial charge in [0.15, 0.2) is 5.16 Å². The van der Waals surface area contributed by atoms with E-state index in [-0.39, 0.29) is 5.91 Å². The highest BCUT2D eigenvalue weighted by Crippen LogP contribution is 2.33. The van der Waals surface area contributed by atoms with E-state index >= 15 is 0 Å². The highest BCUT2D eigenvalue weighted by Gasteiger charge is 2.14. The van der Waals surface area contributed by atoms with Crippen molar-refractivity contribution in [1.82, 2.24) is 15.3 Å². The Kier molecular flexibility index (Phi) is 6.25. The average molecular weight is 406 g/mol. The molecule has 1 heterocycles. The molecule has 26 heavy (non-hydrogen) atoms. The Balaban J connectivity index is 1.90. The minimum atomic E-state index is -0.0336. The van der Waals surface area contributed by atoms with Crippen LogP contribution in [0.25, 0.3) is 22.5 Å². The van der Waals surface area contributed by atoms with Gasteiger partial charge in [-0.25, -0.2) is 4.98 Å². The van der Waals surface area contributed by atoms with E-state index in [1.165, 1.54) is 6.92 Å². The molecule has 0 spiro atoms. The molecule has 7 heteroatoms. The third-order valence-corrected chi connectivity index (χ3v) is 5.03. The second-order valence-electron chi connectivity index (χ2n) is 5.61. The molecule has 1 amide bonds. The van der Waals surface area contributed by atoms with Crippen LogP contribution in [0, 0.1) is 0 Å². The van der Waals surface area contributed by atoms with Gasteiger partial charge in [-0.15, -0.1) is 0 Å². The highest BCUT2D eigenvalue weighted by molar-refractivity contribution is 7.99. The monoisotopic (exact) mass is 405 g/mol. The lowest BCUT2D eigenvalue weighted by molar-refractivity contribution is -0.118. The van der Waals surface area contributed by atoms with Crippen molar-refractivity contribution in [2.45, 2.75) is 12.1 Å². The molecule has 0 saturated heterocycles. The number of carbonyl (C=O) groups is 1. The van der Waals surface area contributed by atoms with Gasteiger partial charge < -0.3 is 10.3 Å². The first kappa shape index (κ1) is 18.8. The third kappa shape index (κ3) is 4.81. The molecule has 0 fully saturated rings. The van der Waals surface area contributed by atoms with Gasteiger partial charge in [0, 0.05) is 40.4 Å². The second kappa shape index (κ2) is 8.62. The van der Waals surface area contributed by atoms with Crippen molar-refractivity contribution in [2.24, 2.45) is 0 Å². The summed E-state index contributed by atoms with van der Waals surface area (Å²) >= 11 is 13.6. The number of aromatic nitrogens is 2. The lowest BCUT2D eigenvalue weighted by Crippen LogP contribution is -2.22. The molecule has 3 aromatic rings. The van der Waals surface area contributed by atoms with Crippen molar-refractivity contribution < 1.29 is 4.79 Å². The summed E-state index contributed by atoms with van der Waals surface area (Å²) in [7, 11) is 0. The summed E-state index contributed by atoms with van der Waals surface area (Å²) < 4.78 is 0. The third-order valence-electron chi connectivity index (χ3n) is 3.65. The molecule has 3 rings (SSSR count). The fraction of sp³-hybridized carbons (Fsp3) is 0.158. The van der Waals surface area contributed by atoms with Crippen LogP contribution in [-0.2, 0) is 4.79 Å². The maximum Gasteiger partial charge on any atom is 0.216 e. The topological polar surface area (TPSA) is 57.8 Å². The molecule has 0 atom stereocenters. The first-order chi connectivity index (χ1) is 12.5. The number of amides is 1. The van der Waals surface area contributed by atoms with Crippen LogP contribution in [-0.4, -0.2) is 28.2 Å². The largest absolute Gasteiger partial charge is 0.356 e. The standard InChI is InChI=1S/C19H17Cl2N3OS/c1-12(25)22-10-11-26-19-23-17(13-2-6-15(20)7-3-13)18(24-19)14-4-8-16(21)9-5-14/h2-9H,10-11H2,1H3,(H,22,25)(H,23,24). The van der Waals surface area contributed by atoms with Crippen molar-refractivity contribution in [1.29, 1.82) is 0 Å². The SMILES string of the molecule is CC(=O)NCCSc1nc(-c2ccc(Cl)cc2)c(-c2ccc(Cl)cc2)[nH]1. The molecule has 2 N–H and O–H groups in total.